The average molecular weight is 881 g/mol. The van der Waals surface area contributed by atoms with Crippen LogP contribution in [0.25, 0.3) is 54.6 Å². The van der Waals surface area contributed by atoms with Crippen LogP contribution >= 0.6 is 0 Å². The van der Waals surface area contributed by atoms with E-state index in [-0.39, 0.29) is 0 Å². The fourth-order valence-electron chi connectivity index (χ4n) is 12.5. The summed E-state index contributed by atoms with van der Waals surface area (Å²) in [6.45, 7) is 9.06. The van der Waals surface area contributed by atoms with Crippen molar-refractivity contribution in [2.45, 2.75) is 90.9 Å². The maximum absolute atomic E-state index is 2.63. The summed E-state index contributed by atoms with van der Waals surface area (Å²) < 4.78 is 0. The zero-order chi connectivity index (χ0) is 45.9. The highest BCUT2D eigenvalue weighted by molar-refractivity contribution is 6.29. The van der Waals surface area contributed by atoms with E-state index in [0.717, 1.165) is 0 Å². The maximum Gasteiger partial charge on any atom is 0.0569 e. The Bertz CT molecular complexity index is 3230. The molecule has 0 aliphatic heterocycles. The Balaban J connectivity index is 1.23. The van der Waals surface area contributed by atoms with Gasteiger partial charge in [-0.25, -0.2) is 0 Å². The Hall–Kier alpha value is -7.16. The first-order valence-electron chi connectivity index (χ1n) is 25.2. The standard InChI is InChI=1S/C66H60N2/c1-43-19-15-31-51(39-43)67(65-45(3)21-17-33-53(65)47-23-7-5-8-24-47)61-41-59(49-27-11-12-28-49)55-36-38-58-62(42-60(50-29-13-14-30-50)56-35-37-57(61)63(55)64(56)58)68(52-32-16-20-44(2)40-52)66-46(4)22-18-34-54(66)48-25-9-6-10-26-48/h5-10,15-26,31-42,49-50H,11-14,27-30H2,1-4H3. The number of aryl methyl sites for hydroxylation is 4. The van der Waals surface area contributed by atoms with Gasteiger partial charge in [-0.1, -0.05) is 171 Å². The topological polar surface area (TPSA) is 6.48 Å². The highest BCUT2D eigenvalue weighted by Crippen LogP contribution is 2.55. The van der Waals surface area contributed by atoms with Gasteiger partial charge in [-0.05, 0) is 168 Å². The van der Waals surface area contributed by atoms with Crippen LogP contribution in [0.3, 0.4) is 0 Å². The number of benzene rings is 10. The number of nitrogens with zero attached hydrogens (tertiary/aromatic N) is 2. The third-order valence-corrected chi connectivity index (χ3v) is 15.6. The van der Waals surface area contributed by atoms with Gasteiger partial charge >= 0.3 is 0 Å². The summed E-state index contributed by atoms with van der Waals surface area (Å²) in [4.78, 5) is 5.26. The fraction of sp³-hybridized carbons (Fsp3) is 0.212. The maximum atomic E-state index is 2.63. The molecule has 0 atom stereocenters. The molecule has 0 N–H and O–H groups in total. The van der Waals surface area contributed by atoms with E-state index in [1.54, 1.807) is 0 Å². The van der Waals surface area contributed by atoms with Crippen LogP contribution < -0.4 is 9.80 Å². The average Bonchev–Trinajstić information content (AvgIpc) is 4.12. The molecule has 0 saturated heterocycles. The Morgan fingerprint density at radius 1 is 0.353 bits per heavy atom. The Morgan fingerprint density at radius 3 is 1.13 bits per heavy atom. The molecule has 0 heterocycles. The van der Waals surface area contributed by atoms with Crippen LogP contribution in [-0.2, 0) is 0 Å². The minimum absolute atomic E-state index is 0.501. The van der Waals surface area contributed by atoms with Crippen LogP contribution in [0.15, 0.2) is 182 Å². The van der Waals surface area contributed by atoms with Crippen LogP contribution in [0.1, 0.15) is 96.6 Å². The molecule has 334 valence electrons. The predicted molar refractivity (Wildman–Crippen MR) is 292 cm³/mol. The van der Waals surface area contributed by atoms with Gasteiger partial charge in [-0.2, -0.15) is 0 Å². The molecule has 0 aromatic heterocycles. The van der Waals surface area contributed by atoms with Gasteiger partial charge in [0.15, 0.2) is 0 Å². The Labute approximate surface area is 402 Å². The van der Waals surface area contributed by atoms with E-state index in [0.29, 0.717) is 11.8 Å². The molecule has 10 aromatic rings. The summed E-state index contributed by atoms with van der Waals surface area (Å²) in [6.07, 6.45) is 10.0. The van der Waals surface area contributed by atoms with Crippen LogP contribution in [0.4, 0.5) is 34.1 Å². The van der Waals surface area contributed by atoms with E-state index < -0.39 is 0 Å². The molecule has 2 fully saturated rings. The van der Waals surface area contributed by atoms with E-state index in [1.165, 1.54) is 173 Å². The van der Waals surface area contributed by atoms with Crippen LogP contribution in [0, 0.1) is 27.7 Å². The summed E-state index contributed by atoms with van der Waals surface area (Å²) in [5, 5.41) is 8.27. The van der Waals surface area contributed by atoms with Crippen molar-refractivity contribution in [3.63, 3.8) is 0 Å². The Morgan fingerprint density at radius 2 is 0.735 bits per heavy atom. The van der Waals surface area contributed by atoms with Crippen LogP contribution in [0.5, 0.6) is 0 Å². The second-order valence-corrected chi connectivity index (χ2v) is 20.0. The number of rotatable bonds is 10. The Kier molecular flexibility index (Phi) is 10.9. The molecule has 2 aliphatic carbocycles. The van der Waals surface area contributed by atoms with Crippen molar-refractivity contribution in [1.29, 1.82) is 0 Å². The van der Waals surface area contributed by atoms with Gasteiger partial charge in [0.1, 0.15) is 0 Å². The van der Waals surface area contributed by atoms with Crippen molar-refractivity contribution < 1.29 is 0 Å². The zero-order valence-corrected chi connectivity index (χ0v) is 40.0. The minimum atomic E-state index is 0.501. The summed E-state index contributed by atoms with van der Waals surface area (Å²) in [6, 6.07) is 69.4. The van der Waals surface area contributed by atoms with Gasteiger partial charge in [-0.15, -0.1) is 0 Å². The van der Waals surface area contributed by atoms with Crippen LogP contribution in [-0.4, -0.2) is 0 Å². The largest absolute Gasteiger partial charge is 0.309 e. The number of anilines is 6. The molecule has 2 aliphatic rings. The van der Waals surface area contributed by atoms with Gasteiger partial charge in [0, 0.05) is 33.3 Å². The van der Waals surface area contributed by atoms with Crippen molar-refractivity contribution in [2.24, 2.45) is 0 Å². The third kappa shape index (κ3) is 7.24. The molecule has 12 rings (SSSR count). The van der Waals surface area contributed by atoms with Gasteiger partial charge in [-0.3, -0.25) is 0 Å². The molecule has 0 unspecified atom stereocenters. The molecule has 2 nitrogen and oxygen atoms in total. The lowest BCUT2D eigenvalue weighted by atomic mass is 9.82. The van der Waals surface area contributed by atoms with Gasteiger partial charge in [0.25, 0.3) is 0 Å². The number of hydrogen-bond donors (Lipinski definition) is 0. The first-order valence-corrected chi connectivity index (χ1v) is 25.2. The summed E-state index contributed by atoms with van der Waals surface area (Å²) in [5.41, 5.74) is 20.3. The predicted octanol–water partition coefficient (Wildman–Crippen LogP) is 19.4. The summed E-state index contributed by atoms with van der Waals surface area (Å²) >= 11 is 0. The number of para-hydroxylation sites is 2. The monoisotopic (exact) mass is 880 g/mol. The normalized spacial score (nSPS) is 14.5. The second-order valence-electron chi connectivity index (χ2n) is 20.0. The zero-order valence-electron chi connectivity index (χ0n) is 40.0. The van der Waals surface area contributed by atoms with Crippen molar-refractivity contribution in [2.75, 3.05) is 9.80 Å². The summed E-state index contributed by atoms with van der Waals surface area (Å²) in [5.74, 6) is 1.00. The molecule has 0 bridgehead atoms. The van der Waals surface area contributed by atoms with Crippen LogP contribution in [0.2, 0.25) is 0 Å². The number of hydrogen-bond acceptors (Lipinski definition) is 2. The van der Waals surface area contributed by atoms with Crippen molar-refractivity contribution in [1.82, 2.24) is 0 Å². The minimum Gasteiger partial charge on any atom is -0.309 e. The highest BCUT2D eigenvalue weighted by atomic mass is 15.2. The molecule has 2 saturated carbocycles. The molecule has 0 amide bonds. The summed E-state index contributed by atoms with van der Waals surface area (Å²) in [7, 11) is 0. The van der Waals surface area contributed by atoms with E-state index in [1.807, 2.05) is 0 Å². The fourth-order valence-corrected chi connectivity index (χ4v) is 12.5. The highest BCUT2D eigenvalue weighted by Gasteiger charge is 2.31. The SMILES string of the molecule is Cc1cccc(N(c2c(C)cccc2-c2ccccc2)c2cc(C3CCCC3)c3ccc4c(N(c5cccc(C)c5)c5c(C)cccc5-c5ccccc5)cc(C5CCCC5)c5ccc2c3c54)c1. The lowest BCUT2D eigenvalue weighted by molar-refractivity contribution is 0.729. The lowest BCUT2D eigenvalue weighted by Gasteiger charge is -2.34. The van der Waals surface area contributed by atoms with E-state index in [4.69, 9.17) is 0 Å². The first-order chi connectivity index (χ1) is 33.4. The smallest absolute Gasteiger partial charge is 0.0569 e. The quantitative estimate of drug-likeness (QED) is 0.126. The van der Waals surface area contributed by atoms with Crippen molar-refractivity contribution in [3.05, 3.63) is 215 Å². The van der Waals surface area contributed by atoms with E-state index >= 15 is 0 Å². The molecule has 0 spiro atoms. The molecule has 2 heteroatoms. The van der Waals surface area contributed by atoms with Gasteiger partial charge in [0.05, 0.1) is 22.7 Å². The van der Waals surface area contributed by atoms with E-state index in [2.05, 4.69) is 219 Å². The van der Waals surface area contributed by atoms with Crippen molar-refractivity contribution >= 4 is 66.4 Å². The second kappa shape index (κ2) is 17.5. The molecular formula is C66H60N2. The van der Waals surface area contributed by atoms with Crippen molar-refractivity contribution in [3.8, 4) is 22.3 Å². The molecular weight excluding hydrogens is 821 g/mol. The van der Waals surface area contributed by atoms with E-state index in [9.17, 15) is 0 Å². The van der Waals surface area contributed by atoms with Gasteiger partial charge < -0.3 is 9.80 Å². The third-order valence-electron chi connectivity index (χ3n) is 15.6. The molecule has 68 heavy (non-hydrogen) atoms. The molecule has 10 aromatic carbocycles. The van der Waals surface area contributed by atoms with Gasteiger partial charge in [0.2, 0.25) is 0 Å². The first kappa shape index (κ1) is 42.2. The lowest BCUT2D eigenvalue weighted by Crippen LogP contribution is -2.15. The molecule has 0 radical (unpaired) electrons.